The molecule has 7 aromatic rings. The number of Topliss-reactive ketones (excluding diaryl/α,β-unsaturated/α-hetero) is 2. The van der Waals surface area contributed by atoms with Gasteiger partial charge in [0.1, 0.15) is 5.71 Å². The second kappa shape index (κ2) is 12.3. The molecule has 0 N–H and O–H groups in total. The quantitative estimate of drug-likeness (QED) is 0.125. The van der Waals surface area contributed by atoms with Crippen LogP contribution in [0.4, 0.5) is 0 Å². The lowest BCUT2D eigenvalue weighted by molar-refractivity contribution is -0.115. The first-order valence-corrected chi connectivity index (χ1v) is 16.0. The van der Waals surface area contributed by atoms with Crippen LogP contribution in [0.3, 0.4) is 0 Å². The van der Waals surface area contributed by atoms with Gasteiger partial charge in [-0.2, -0.15) is 0 Å². The van der Waals surface area contributed by atoms with Crippen molar-refractivity contribution in [1.82, 2.24) is 4.57 Å². The van der Waals surface area contributed by atoms with Crippen molar-refractivity contribution in [3.63, 3.8) is 0 Å². The molecule has 48 heavy (non-hydrogen) atoms. The monoisotopic (exact) mass is 626 g/mol. The summed E-state index contributed by atoms with van der Waals surface area (Å²) < 4.78 is 2.21. The molecule has 0 unspecified atom stereocenters. The van der Waals surface area contributed by atoms with E-state index < -0.39 is 0 Å². The molecule has 1 heterocycles. The van der Waals surface area contributed by atoms with Gasteiger partial charge in [-0.15, -0.1) is 0 Å². The molecule has 5 heteroatoms. The molecule has 0 radical (unpaired) electrons. The summed E-state index contributed by atoms with van der Waals surface area (Å²) >= 11 is 0. The van der Waals surface area contributed by atoms with Crippen molar-refractivity contribution >= 4 is 55.6 Å². The molecular formula is C43H34N2O3. The average Bonchev–Trinajstić information content (AvgIpc) is 3.42. The number of hydrogen-bond donors (Lipinski definition) is 0. The zero-order valence-corrected chi connectivity index (χ0v) is 27.4. The van der Waals surface area contributed by atoms with E-state index in [1.54, 1.807) is 0 Å². The number of aliphatic imine (C=N–C) groups is 1. The second-order valence-corrected chi connectivity index (χ2v) is 12.4. The van der Waals surface area contributed by atoms with Crippen LogP contribution < -0.4 is 0 Å². The molecule has 0 aliphatic carbocycles. The Bertz CT molecular complexity index is 2430. The third kappa shape index (κ3) is 5.33. The Morgan fingerprint density at radius 3 is 1.92 bits per heavy atom. The summed E-state index contributed by atoms with van der Waals surface area (Å²) in [6.45, 7) is 7.40. The fraction of sp³-hybridized carbons (Fsp3) is 0.116. The van der Waals surface area contributed by atoms with Gasteiger partial charge in [0.2, 0.25) is 5.78 Å². The molecule has 0 amide bonds. The maximum absolute atomic E-state index is 14.5. The largest absolute Gasteiger partial charge is 0.309 e. The fourth-order valence-corrected chi connectivity index (χ4v) is 6.94. The number of benzene rings is 6. The smallest absolute Gasteiger partial charge is 0.211 e. The fourth-order valence-electron chi connectivity index (χ4n) is 6.94. The molecule has 0 saturated carbocycles. The van der Waals surface area contributed by atoms with Gasteiger partial charge in [0.15, 0.2) is 11.6 Å². The topological polar surface area (TPSA) is 68.5 Å². The third-order valence-corrected chi connectivity index (χ3v) is 8.91. The number of rotatable bonds is 8. The Hall–Kier alpha value is -5.94. The third-order valence-electron chi connectivity index (χ3n) is 8.91. The number of ketones is 3. The van der Waals surface area contributed by atoms with Crippen molar-refractivity contribution in [1.29, 1.82) is 0 Å². The van der Waals surface area contributed by atoms with E-state index in [2.05, 4.69) is 39.9 Å². The highest BCUT2D eigenvalue weighted by Gasteiger charge is 2.24. The first kappa shape index (κ1) is 30.7. The van der Waals surface area contributed by atoms with Gasteiger partial charge < -0.3 is 4.57 Å². The Labute approximate surface area is 279 Å². The molecule has 0 aliphatic rings. The summed E-state index contributed by atoms with van der Waals surface area (Å²) in [6, 6.07) is 39.2. The summed E-state index contributed by atoms with van der Waals surface area (Å²) in [4.78, 5) is 45.1. The summed E-state index contributed by atoms with van der Waals surface area (Å²) in [7, 11) is 0. The lowest BCUT2D eigenvalue weighted by Crippen LogP contribution is -2.17. The first-order chi connectivity index (χ1) is 23.2. The molecule has 0 spiro atoms. The minimum atomic E-state index is -0.270. The summed E-state index contributed by atoms with van der Waals surface area (Å²) in [5, 5.41) is 3.53. The highest BCUT2D eigenvalue weighted by Crippen LogP contribution is 2.39. The van der Waals surface area contributed by atoms with Gasteiger partial charge in [0.05, 0.1) is 17.6 Å². The van der Waals surface area contributed by atoms with Crippen LogP contribution in [-0.4, -0.2) is 34.2 Å². The highest BCUT2D eigenvalue weighted by molar-refractivity contribution is 6.51. The van der Waals surface area contributed by atoms with Gasteiger partial charge in [0, 0.05) is 44.1 Å². The molecule has 1 aromatic heterocycles. The molecule has 0 aliphatic heterocycles. The maximum atomic E-state index is 14.5. The van der Waals surface area contributed by atoms with E-state index in [9.17, 15) is 14.4 Å². The molecule has 0 fully saturated rings. The number of fused-ring (bicyclic) bond motifs is 5. The van der Waals surface area contributed by atoms with Crippen LogP contribution in [0.1, 0.15) is 55.5 Å². The van der Waals surface area contributed by atoms with E-state index >= 15 is 0 Å². The Morgan fingerprint density at radius 1 is 0.625 bits per heavy atom. The molecular weight excluding hydrogens is 592 g/mol. The van der Waals surface area contributed by atoms with Crippen molar-refractivity contribution < 1.29 is 14.4 Å². The second-order valence-electron chi connectivity index (χ2n) is 12.4. The van der Waals surface area contributed by atoms with Gasteiger partial charge >= 0.3 is 0 Å². The van der Waals surface area contributed by atoms with Gasteiger partial charge in [-0.3, -0.25) is 19.4 Å². The molecule has 0 bridgehead atoms. The predicted octanol–water partition coefficient (Wildman–Crippen LogP) is 9.35. The number of aryl methyl sites for hydroxylation is 3. The lowest BCUT2D eigenvalue weighted by atomic mass is 9.89. The number of carbonyl (C=O) groups excluding carboxylic acids is 3. The minimum absolute atomic E-state index is 0.0290. The van der Waals surface area contributed by atoms with Crippen LogP contribution in [0.5, 0.6) is 0 Å². The van der Waals surface area contributed by atoms with Crippen LogP contribution in [-0.2, 0) is 4.79 Å². The molecule has 0 saturated heterocycles. The number of hydrogen-bond acceptors (Lipinski definition) is 4. The lowest BCUT2D eigenvalue weighted by Gasteiger charge is -2.14. The summed E-state index contributed by atoms with van der Waals surface area (Å²) in [6.07, 6.45) is 0. The maximum Gasteiger partial charge on any atom is 0.211 e. The van der Waals surface area contributed by atoms with Gasteiger partial charge in [0.25, 0.3) is 0 Å². The first-order valence-electron chi connectivity index (χ1n) is 16.0. The molecule has 7 rings (SSSR count). The van der Waals surface area contributed by atoms with Crippen LogP contribution in [0.2, 0.25) is 0 Å². The van der Waals surface area contributed by atoms with Crippen LogP contribution in [0, 0.1) is 20.8 Å². The van der Waals surface area contributed by atoms with E-state index in [1.165, 1.54) is 6.92 Å². The molecule has 6 aromatic carbocycles. The molecule has 5 nitrogen and oxygen atoms in total. The number of para-hydroxylation sites is 1. The Morgan fingerprint density at radius 2 is 1.25 bits per heavy atom. The van der Waals surface area contributed by atoms with E-state index in [4.69, 9.17) is 0 Å². The summed E-state index contributed by atoms with van der Waals surface area (Å²) in [5.41, 5.74) is 8.51. The standard InChI is InChI=1S/C43H34N2O3/c1-26-21-27(2)39(28(3)22-26)43(48)37-24-36-35-23-31(42(47)40(44-25-29(4)46)30-13-7-5-8-14-30)19-20-38(35)45(32-15-9-6-10-16-32)41(36)34-18-12-11-17-33(34)37/h5-24H,25H2,1-4H3/b44-40-. The van der Waals surface area contributed by atoms with Crippen molar-refractivity contribution in [3.8, 4) is 5.69 Å². The number of carbonyl (C=O) groups is 3. The van der Waals surface area contributed by atoms with Crippen LogP contribution >= 0.6 is 0 Å². The van der Waals surface area contributed by atoms with E-state index in [-0.39, 0.29) is 29.6 Å². The van der Waals surface area contributed by atoms with Crippen molar-refractivity contribution in [2.24, 2.45) is 4.99 Å². The Kier molecular flexibility index (Phi) is 7.90. The zero-order chi connectivity index (χ0) is 33.5. The van der Waals surface area contributed by atoms with Crippen molar-refractivity contribution in [3.05, 3.63) is 160 Å². The predicted molar refractivity (Wildman–Crippen MR) is 195 cm³/mol. The van der Waals surface area contributed by atoms with Gasteiger partial charge in [-0.05, 0) is 80.6 Å². The zero-order valence-electron chi connectivity index (χ0n) is 27.4. The van der Waals surface area contributed by atoms with Gasteiger partial charge in [-0.25, -0.2) is 0 Å². The average molecular weight is 627 g/mol. The van der Waals surface area contributed by atoms with E-state index in [0.29, 0.717) is 22.3 Å². The number of nitrogens with zero attached hydrogens (tertiary/aromatic N) is 2. The van der Waals surface area contributed by atoms with Crippen LogP contribution in [0.25, 0.3) is 38.3 Å². The van der Waals surface area contributed by atoms with E-state index in [0.717, 1.165) is 55.0 Å². The minimum Gasteiger partial charge on any atom is -0.309 e. The molecule has 0 atom stereocenters. The summed E-state index contributed by atoms with van der Waals surface area (Å²) in [5.74, 6) is -0.424. The van der Waals surface area contributed by atoms with Gasteiger partial charge in [-0.1, -0.05) is 90.5 Å². The SMILES string of the molecule is CC(=O)C/N=C(\C(=O)c1ccc2c(c1)c1cc(C(=O)c3c(C)cc(C)cc3C)c3ccccc3c1n2-c1ccccc1)c1ccccc1. The Balaban J connectivity index is 1.53. The van der Waals surface area contributed by atoms with E-state index in [1.807, 2.05) is 112 Å². The molecule has 234 valence electrons. The number of aromatic nitrogens is 1. The highest BCUT2D eigenvalue weighted by atomic mass is 16.1. The van der Waals surface area contributed by atoms with Crippen LogP contribution in [0.15, 0.2) is 126 Å². The van der Waals surface area contributed by atoms with Crippen molar-refractivity contribution in [2.75, 3.05) is 6.54 Å². The normalized spacial score (nSPS) is 11.8. The van der Waals surface area contributed by atoms with Crippen molar-refractivity contribution in [2.45, 2.75) is 27.7 Å².